The molecule has 0 aromatic carbocycles. The second kappa shape index (κ2) is 5.49. The fraction of sp³-hybridized carbons (Fsp3) is 0.455. The molecule has 1 saturated heterocycles. The first kappa shape index (κ1) is 13.7. The van der Waals surface area contributed by atoms with E-state index in [0.29, 0.717) is 5.69 Å². The van der Waals surface area contributed by atoms with Gasteiger partial charge in [0.25, 0.3) is 0 Å². The van der Waals surface area contributed by atoms with Crippen LogP contribution in [0.2, 0.25) is 0 Å². The number of aromatic nitrogens is 2. The molecule has 0 amide bonds. The lowest BCUT2D eigenvalue weighted by atomic mass is 10.1. The molecule has 104 valence electrons. The number of nitrogens with zero attached hydrogens (tertiary/aromatic N) is 2. The Bertz CT molecular complexity index is 529. The molecule has 5 N–H and O–H groups in total. The van der Waals surface area contributed by atoms with Crippen molar-refractivity contribution in [2.75, 3.05) is 6.61 Å². The fourth-order valence-corrected chi connectivity index (χ4v) is 1.92. The van der Waals surface area contributed by atoms with Crippen molar-refractivity contribution in [2.24, 2.45) is 5.73 Å². The Balaban J connectivity index is 2.30. The van der Waals surface area contributed by atoms with Crippen LogP contribution in [-0.4, -0.2) is 49.8 Å². The average molecular weight is 269 g/mol. The number of hydrogen-bond acceptors (Lipinski definition) is 7. The molecule has 1 aromatic rings. The van der Waals surface area contributed by atoms with E-state index in [1.54, 1.807) is 0 Å². The Morgan fingerprint density at radius 2 is 2.21 bits per heavy atom. The normalized spacial score (nSPS) is 31.1. The zero-order valence-corrected chi connectivity index (χ0v) is 9.96. The highest BCUT2D eigenvalue weighted by molar-refractivity contribution is 5.42. The maximum absolute atomic E-state index is 11.8. The fourth-order valence-electron chi connectivity index (χ4n) is 1.92. The van der Waals surface area contributed by atoms with Crippen LogP contribution in [0.3, 0.4) is 0 Å². The van der Waals surface area contributed by atoms with Gasteiger partial charge in [-0.1, -0.05) is 0 Å². The van der Waals surface area contributed by atoms with Crippen molar-refractivity contribution in [3.05, 3.63) is 34.6 Å². The van der Waals surface area contributed by atoms with Crippen molar-refractivity contribution in [3.8, 4) is 0 Å². The summed E-state index contributed by atoms with van der Waals surface area (Å²) in [6, 6.07) is 1.51. The van der Waals surface area contributed by atoms with Crippen LogP contribution in [0.25, 0.3) is 6.08 Å². The molecule has 1 aliphatic rings. The number of aliphatic hydroxyl groups is 3. The van der Waals surface area contributed by atoms with Gasteiger partial charge >= 0.3 is 5.69 Å². The Hall–Kier alpha value is -1.74. The van der Waals surface area contributed by atoms with Gasteiger partial charge in [-0.05, 0) is 18.3 Å². The minimum Gasteiger partial charge on any atom is -0.405 e. The lowest BCUT2D eigenvalue weighted by Crippen LogP contribution is -2.36. The van der Waals surface area contributed by atoms with Gasteiger partial charge in [-0.25, -0.2) is 4.79 Å². The summed E-state index contributed by atoms with van der Waals surface area (Å²) in [4.78, 5) is 15.5. The van der Waals surface area contributed by atoms with E-state index in [0.717, 1.165) is 4.57 Å². The second-order valence-corrected chi connectivity index (χ2v) is 4.13. The van der Waals surface area contributed by atoms with Crippen molar-refractivity contribution >= 4 is 6.08 Å². The van der Waals surface area contributed by atoms with Crippen LogP contribution >= 0.6 is 0 Å². The van der Waals surface area contributed by atoms with Gasteiger partial charge in [0.05, 0.1) is 12.3 Å². The predicted octanol–water partition coefficient (Wildman–Crippen LogP) is -2.22. The van der Waals surface area contributed by atoms with E-state index >= 15 is 0 Å². The van der Waals surface area contributed by atoms with Crippen LogP contribution < -0.4 is 11.4 Å². The van der Waals surface area contributed by atoms with E-state index < -0.39 is 36.8 Å². The van der Waals surface area contributed by atoms with Crippen LogP contribution in [0.15, 0.2) is 23.3 Å². The smallest absolute Gasteiger partial charge is 0.350 e. The lowest BCUT2D eigenvalue weighted by molar-refractivity contribution is -0.0549. The summed E-state index contributed by atoms with van der Waals surface area (Å²) in [7, 11) is 0. The first-order chi connectivity index (χ1) is 9.08. The van der Waals surface area contributed by atoms with Gasteiger partial charge in [-0.2, -0.15) is 4.98 Å². The molecule has 19 heavy (non-hydrogen) atoms. The molecule has 1 aromatic heterocycles. The van der Waals surface area contributed by atoms with E-state index in [-0.39, 0.29) is 0 Å². The molecule has 0 radical (unpaired) electrons. The zero-order valence-electron chi connectivity index (χ0n) is 9.96. The third-order valence-corrected chi connectivity index (χ3v) is 2.91. The van der Waals surface area contributed by atoms with E-state index in [1.807, 2.05) is 0 Å². The van der Waals surface area contributed by atoms with Crippen molar-refractivity contribution in [2.45, 2.75) is 24.5 Å². The second-order valence-electron chi connectivity index (χ2n) is 4.13. The number of ether oxygens (including phenoxy) is 1. The molecule has 4 atom stereocenters. The SMILES string of the molecule is NC=Cc1ccn([C@@H]2O[C@H](CO)[C@@H](O)[C@H]2O)c(=O)n1. The van der Waals surface area contributed by atoms with E-state index in [1.165, 1.54) is 24.5 Å². The standard InChI is InChI=1S/C11H15N3O5/c12-3-1-6-2-4-14(11(18)13-6)10-9(17)8(16)7(5-15)19-10/h1-4,7-10,15-17H,5,12H2/t7-,8-,9-,10-/m1/s1. The number of hydrogen-bond donors (Lipinski definition) is 4. The molecular weight excluding hydrogens is 254 g/mol. The van der Waals surface area contributed by atoms with E-state index in [4.69, 9.17) is 15.6 Å². The summed E-state index contributed by atoms with van der Waals surface area (Å²) in [5, 5.41) is 28.4. The van der Waals surface area contributed by atoms with Crippen molar-refractivity contribution in [3.63, 3.8) is 0 Å². The topological polar surface area (TPSA) is 131 Å². The first-order valence-electron chi connectivity index (χ1n) is 5.68. The van der Waals surface area contributed by atoms with E-state index in [9.17, 15) is 15.0 Å². The maximum atomic E-state index is 11.8. The molecule has 2 rings (SSSR count). The third kappa shape index (κ3) is 2.51. The van der Waals surface area contributed by atoms with Crippen LogP contribution in [0.4, 0.5) is 0 Å². The minimum absolute atomic E-state index is 0.371. The summed E-state index contributed by atoms with van der Waals surface area (Å²) in [5.74, 6) is 0. The largest absolute Gasteiger partial charge is 0.405 e. The summed E-state index contributed by atoms with van der Waals surface area (Å²) in [6.07, 6.45) is -0.510. The quantitative estimate of drug-likeness (QED) is 0.489. The molecule has 0 saturated carbocycles. The van der Waals surface area contributed by atoms with Gasteiger partial charge in [0, 0.05) is 6.20 Å². The Kier molecular flexibility index (Phi) is 3.96. The molecule has 0 bridgehead atoms. The van der Waals surface area contributed by atoms with Crippen LogP contribution in [0.1, 0.15) is 11.9 Å². The summed E-state index contributed by atoms with van der Waals surface area (Å²) in [6.45, 7) is -0.453. The average Bonchev–Trinajstić information content (AvgIpc) is 2.67. The maximum Gasteiger partial charge on any atom is 0.350 e. The predicted molar refractivity (Wildman–Crippen MR) is 64.7 cm³/mol. The molecule has 0 aliphatic carbocycles. The summed E-state index contributed by atoms with van der Waals surface area (Å²) >= 11 is 0. The van der Waals surface area contributed by atoms with Gasteiger partial charge in [-0.3, -0.25) is 4.57 Å². The van der Waals surface area contributed by atoms with Gasteiger partial charge in [0.15, 0.2) is 6.23 Å². The highest BCUT2D eigenvalue weighted by Crippen LogP contribution is 2.27. The molecule has 1 fully saturated rings. The van der Waals surface area contributed by atoms with Crippen LogP contribution in [-0.2, 0) is 4.74 Å². The van der Waals surface area contributed by atoms with Crippen LogP contribution in [0.5, 0.6) is 0 Å². The van der Waals surface area contributed by atoms with Crippen LogP contribution in [0, 0.1) is 0 Å². The molecule has 8 heteroatoms. The van der Waals surface area contributed by atoms with E-state index in [2.05, 4.69) is 4.98 Å². The minimum atomic E-state index is -1.31. The van der Waals surface area contributed by atoms with Gasteiger partial charge < -0.3 is 25.8 Å². The number of nitrogens with two attached hydrogens (primary N) is 1. The van der Waals surface area contributed by atoms with Crippen molar-refractivity contribution in [1.82, 2.24) is 9.55 Å². The molecule has 2 heterocycles. The lowest BCUT2D eigenvalue weighted by Gasteiger charge is -2.16. The zero-order chi connectivity index (χ0) is 14.0. The highest BCUT2D eigenvalue weighted by atomic mass is 16.6. The molecule has 8 nitrogen and oxygen atoms in total. The highest BCUT2D eigenvalue weighted by Gasteiger charge is 2.43. The third-order valence-electron chi connectivity index (χ3n) is 2.91. The monoisotopic (exact) mass is 269 g/mol. The molecule has 0 unspecified atom stereocenters. The number of aliphatic hydroxyl groups excluding tert-OH is 3. The Labute approximate surface area is 108 Å². The molecule has 0 spiro atoms. The van der Waals surface area contributed by atoms with Gasteiger partial charge in [0.2, 0.25) is 0 Å². The van der Waals surface area contributed by atoms with Crippen molar-refractivity contribution in [1.29, 1.82) is 0 Å². The Morgan fingerprint density at radius 1 is 1.47 bits per heavy atom. The van der Waals surface area contributed by atoms with Crippen molar-refractivity contribution < 1.29 is 20.1 Å². The molecular formula is C11H15N3O5. The van der Waals surface area contributed by atoms with Gasteiger partial charge in [0.1, 0.15) is 18.3 Å². The Morgan fingerprint density at radius 3 is 2.74 bits per heavy atom. The number of rotatable bonds is 3. The van der Waals surface area contributed by atoms with Gasteiger partial charge in [-0.15, -0.1) is 0 Å². The summed E-state index contributed by atoms with van der Waals surface area (Å²) in [5.41, 5.74) is 4.92. The first-order valence-corrected chi connectivity index (χ1v) is 5.68. The molecule has 1 aliphatic heterocycles. The summed E-state index contributed by atoms with van der Waals surface area (Å²) < 4.78 is 6.29.